The summed E-state index contributed by atoms with van der Waals surface area (Å²) >= 11 is 5.84. The van der Waals surface area contributed by atoms with Gasteiger partial charge in [0, 0.05) is 24.1 Å². The monoisotopic (exact) mass is 442 g/mol. The van der Waals surface area contributed by atoms with Gasteiger partial charge < -0.3 is 19.2 Å². The summed E-state index contributed by atoms with van der Waals surface area (Å²) in [4.78, 5) is 6.96. The molecule has 2 atom stereocenters. The van der Waals surface area contributed by atoms with Crippen LogP contribution in [0.1, 0.15) is 46.1 Å². The Balaban J connectivity index is 1.57. The Kier molecular flexibility index (Phi) is 5.53. The minimum absolute atomic E-state index is 0.0232. The lowest BCUT2D eigenvalue weighted by Gasteiger charge is -2.28. The summed E-state index contributed by atoms with van der Waals surface area (Å²) in [5.41, 5.74) is 5.90. The van der Waals surface area contributed by atoms with Crippen molar-refractivity contribution in [3.05, 3.63) is 113 Å². The number of rotatable bonds is 6. The van der Waals surface area contributed by atoms with Crippen LogP contribution in [0.25, 0.3) is 0 Å². The van der Waals surface area contributed by atoms with Crippen molar-refractivity contribution >= 4 is 17.3 Å². The van der Waals surface area contributed by atoms with Crippen LogP contribution in [0.4, 0.5) is 0 Å². The highest BCUT2D eigenvalue weighted by molar-refractivity contribution is 7.80. The SMILES string of the molecule is Cc1cc([C@H]2[C@H](c3ccccn3)NC(=S)N2Cc2ccccc2)c(C)n1Cc1ccco1. The number of thiocarbonyl (C=S) groups is 1. The normalized spacial score (nSPS) is 18.2. The zero-order chi connectivity index (χ0) is 22.1. The Morgan fingerprint density at radius 2 is 1.81 bits per heavy atom. The van der Waals surface area contributed by atoms with Gasteiger partial charge in [0.15, 0.2) is 5.11 Å². The molecular weight excluding hydrogens is 416 g/mol. The molecule has 4 heterocycles. The van der Waals surface area contributed by atoms with E-state index in [0.29, 0.717) is 6.54 Å². The van der Waals surface area contributed by atoms with Crippen LogP contribution in [0.5, 0.6) is 0 Å². The Morgan fingerprint density at radius 3 is 2.53 bits per heavy atom. The molecule has 0 bridgehead atoms. The smallest absolute Gasteiger partial charge is 0.170 e. The molecule has 162 valence electrons. The molecule has 0 radical (unpaired) electrons. The zero-order valence-electron chi connectivity index (χ0n) is 18.2. The maximum Gasteiger partial charge on any atom is 0.170 e. The van der Waals surface area contributed by atoms with E-state index in [1.54, 1.807) is 6.26 Å². The molecule has 1 N–H and O–H groups in total. The molecule has 5 nitrogen and oxygen atoms in total. The Labute approximate surface area is 193 Å². The molecule has 1 aliphatic heterocycles. The molecular formula is C26H26N4OS. The second kappa shape index (κ2) is 8.63. The maximum absolute atomic E-state index is 5.84. The number of benzene rings is 1. The van der Waals surface area contributed by atoms with Crippen molar-refractivity contribution in [2.45, 2.75) is 39.0 Å². The lowest BCUT2D eigenvalue weighted by Crippen LogP contribution is -2.29. The number of aromatic nitrogens is 2. The van der Waals surface area contributed by atoms with E-state index in [2.05, 4.69) is 70.0 Å². The van der Waals surface area contributed by atoms with Crippen LogP contribution >= 0.6 is 12.2 Å². The molecule has 5 rings (SSSR count). The predicted octanol–water partition coefficient (Wildman–Crippen LogP) is 5.31. The zero-order valence-corrected chi connectivity index (χ0v) is 19.0. The number of aryl methyl sites for hydroxylation is 1. The van der Waals surface area contributed by atoms with Gasteiger partial charge in [0.25, 0.3) is 0 Å². The van der Waals surface area contributed by atoms with E-state index < -0.39 is 0 Å². The van der Waals surface area contributed by atoms with Gasteiger partial charge in [-0.15, -0.1) is 0 Å². The van der Waals surface area contributed by atoms with Gasteiger partial charge in [-0.05, 0) is 67.5 Å². The van der Waals surface area contributed by atoms with Gasteiger partial charge in [-0.25, -0.2) is 0 Å². The summed E-state index contributed by atoms with van der Waals surface area (Å²) in [5, 5.41) is 4.31. The van der Waals surface area contributed by atoms with Gasteiger partial charge in [-0.2, -0.15) is 0 Å². The summed E-state index contributed by atoms with van der Waals surface area (Å²) in [6, 6.07) is 22.8. The molecule has 3 aromatic heterocycles. The van der Waals surface area contributed by atoms with Crippen molar-refractivity contribution in [1.82, 2.24) is 19.8 Å². The van der Waals surface area contributed by atoms with Crippen molar-refractivity contribution in [3.63, 3.8) is 0 Å². The van der Waals surface area contributed by atoms with Crippen LogP contribution in [0.2, 0.25) is 0 Å². The third-order valence-corrected chi connectivity index (χ3v) is 6.57. The highest BCUT2D eigenvalue weighted by Crippen LogP contribution is 2.41. The fourth-order valence-electron chi connectivity index (χ4n) is 4.62. The maximum atomic E-state index is 5.84. The molecule has 0 saturated carbocycles. The molecule has 4 aromatic rings. The number of pyridine rings is 1. The summed E-state index contributed by atoms with van der Waals surface area (Å²) in [6.07, 6.45) is 3.57. The summed E-state index contributed by atoms with van der Waals surface area (Å²) < 4.78 is 7.93. The van der Waals surface area contributed by atoms with Crippen molar-refractivity contribution in [3.8, 4) is 0 Å². The first kappa shape index (κ1) is 20.5. The molecule has 6 heteroatoms. The number of hydrogen-bond donors (Lipinski definition) is 1. The van der Waals surface area contributed by atoms with E-state index in [4.69, 9.17) is 16.6 Å². The minimum atomic E-state index is -0.0232. The molecule has 1 aliphatic rings. The van der Waals surface area contributed by atoms with Gasteiger partial charge in [-0.3, -0.25) is 4.98 Å². The number of furan rings is 1. The number of nitrogens with zero attached hydrogens (tertiary/aromatic N) is 3. The van der Waals surface area contributed by atoms with Gasteiger partial charge in [-0.1, -0.05) is 36.4 Å². The summed E-state index contributed by atoms with van der Waals surface area (Å²) in [5.74, 6) is 0.945. The summed E-state index contributed by atoms with van der Waals surface area (Å²) in [6.45, 7) is 5.78. The van der Waals surface area contributed by atoms with Crippen LogP contribution < -0.4 is 5.32 Å². The molecule has 0 amide bonds. The van der Waals surface area contributed by atoms with E-state index in [1.807, 2.05) is 36.5 Å². The second-order valence-electron chi connectivity index (χ2n) is 8.23. The van der Waals surface area contributed by atoms with E-state index in [0.717, 1.165) is 23.1 Å². The highest BCUT2D eigenvalue weighted by Gasteiger charge is 2.41. The first-order valence-corrected chi connectivity index (χ1v) is 11.2. The second-order valence-corrected chi connectivity index (χ2v) is 8.62. The molecule has 0 spiro atoms. The molecule has 0 aliphatic carbocycles. The van der Waals surface area contributed by atoms with E-state index in [-0.39, 0.29) is 12.1 Å². The van der Waals surface area contributed by atoms with Crippen LogP contribution in [0, 0.1) is 13.8 Å². The highest BCUT2D eigenvalue weighted by atomic mass is 32.1. The largest absolute Gasteiger partial charge is 0.467 e. The van der Waals surface area contributed by atoms with E-state index >= 15 is 0 Å². The Morgan fingerprint density at radius 1 is 1.00 bits per heavy atom. The lowest BCUT2D eigenvalue weighted by molar-refractivity contribution is 0.309. The van der Waals surface area contributed by atoms with Gasteiger partial charge >= 0.3 is 0 Å². The molecule has 32 heavy (non-hydrogen) atoms. The van der Waals surface area contributed by atoms with Crippen LogP contribution in [0.3, 0.4) is 0 Å². The van der Waals surface area contributed by atoms with Crippen LogP contribution in [-0.2, 0) is 13.1 Å². The lowest BCUT2D eigenvalue weighted by atomic mass is 9.96. The summed E-state index contributed by atoms with van der Waals surface area (Å²) in [7, 11) is 0. The average molecular weight is 443 g/mol. The van der Waals surface area contributed by atoms with Crippen molar-refractivity contribution in [2.24, 2.45) is 0 Å². The van der Waals surface area contributed by atoms with Crippen LogP contribution in [-0.4, -0.2) is 19.6 Å². The molecule has 1 aromatic carbocycles. The molecule has 1 fully saturated rings. The van der Waals surface area contributed by atoms with E-state index in [1.165, 1.54) is 22.5 Å². The first-order valence-electron chi connectivity index (χ1n) is 10.8. The average Bonchev–Trinajstić information content (AvgIpc) is 3.51. The Bertz CT molecular complexity index is 1200. The minimum Gasteiger partial charge on any atom is -0.467 e. The molecule has 0 unspecified atom stereocenters. The van der Waals surface area contributed by atoms with Gasteiger partial charge in [0.05, 0.1) is 30.6 Å². The van der Waals surface area contributed by atoms with Crippen molar-refractivity contribution < 1.29 is 4.42 Å². The van der Waals surface area contributed by atoms with Crippen molar-refractivity contribution in [1.29, 1.82) is 0 Å². The van der Waals surface area contributed by atoms with Gasteiger partial charge in [0.1, 0.15) is 5.76 Å². The topological polar surface area (TPSA) is 46.2 Å². The van der Waals surface area contributed by atoms with Crippen LogP contribution in [0.15, 0.2) is 83.6 Å². The first-order chi connectivity index (χ1) is 15.6. The third-order valence-electron chi connectivity index (χ3n) is 6.22. The standard InChI is InChI=1S/C26H26N4OS/c1-18-15-22(19(2)29(18)17-21-11-8-14-31-21)25-24(23-12-6-7-13-27-23)28-26(32)30(25)16-20-9-4-3-5-10-20/h3-15,24-25H,16-17H2,1-2H3,(H,28,32)/t24-,25-/m0/s1. The van der Waals surface area contributed by atoms with E-state index in [9.17, 15) is 0 Å². The fraction of sp³-hybridized carbons (Fsp3) is 0.231. The number of nitrogens with one attached hydrogen (secondary N) is 1. The quantitative estimate of drug-likeness (QED) is 0.410. The van der Waals surface area contributed by atoms with Crippen molar-refractivity contribution in [2.75, 3.05) is 0 Å². The fourth-order valence-corrected chi connectivity index (χ4v) is 4.93. The van der Waals surface area contributed by atoms with Gasteiger partial charge in [0.2, 0.25) is 0 Å². The Hall–Kier alpha value is -3.38. The predicted molar refractivity (Wildman–Crippen MR) is 129 cm³/mol. The number of hydrogen-bond acceptors (Lipinski definition) is 3. The molecule has 1 saturated heterocycles. The third kappa shape index (κ3) is 3.82.